The molecule has 2 atom stereocenters. The normalized spacial score (nSPS) is 29.2. The van der Waals surface area contributed by atoms with Crippen LogP contribution in [0.25, 0.3) is 0 Å². The lowest BCUT2D eigenvalue weighted by molar-refractivity contribution is -0.138. The highest BCUT2D eigenvalue weighted by atomic mass is 16.2. The molecule has 1 heterocycles. The Morgan fingerprint density at radius 2 is 1.85 bits per heavy atom. The van der Waals surface area contributed by atoms with E-state index < -0.39 is 0 Å². The maximum absolute atomic E-state index is 12.7. The summed E-state index contributed by atoms with van der Waals surface area (Å²) in [6.07, 6.45) is 9.71. The molecule has 1 saturated carbocycles. The average molecular weight is 280 g/mol. The van der Waals surface area contributed by atoms with Gasteiger partial charge in [-0.2, -0.15) is 0 Å². The van der Waals surface area contributed by atoms with Crippen LogP contribution in [0.5, 0.6) is 0 Å². The van der Waals surface area contributed by atoms with Crippen LogP contribution in [-0.4, -0.2) is 36.5 Å². The molecule has 2 unspecified atom stereocenters. The van der Waals surface area contributed by atoms with Crippen molar-refractivity contribution in [2.75, 3.05) is 19.6 Å². The zero-order valence-corrected chi connectivity index (χ0v) is 13.4. The Balaban J connectivity index is 1.83. The van der Waals surface area contributed by atoms with E-state index in [1.165, 1.54) is 32.1 Å². The van der Waals surface area contributed by atoms with Crippen LogP contribution in [0.2, 0.25) is 0 Å². The number of likely N-dealkylation sites (tertiary alicyclic amines) is 1. The third-order valence-electron chi connectivity index (χ3n) is 5.08. The van der Waals surface area contributed by atoms with Gasteiger partial charge in [0.1, 0.15) is 0 Å². The molecule has 1 N–H and O–H groups in total. The van der Waals surface area contributed by atoms with Crippen LogP contribution in [0.1, 0.15) is 65.2 Å². The van der Waals surface area contributed by atoms with E-state index in [4.69, 9.17) is 0 Å². The third-order valence-corrected chi connectivity index (χ3v) is 5.08. The van der Waals surface area contributed by atoms with Gasteiger partial charge in [0.25, 0.3) is 0 Å². The fourth-order valence-corrected chi connectivity index (χ4v) is 3.76. The van der Waals surface area contributed by atoms with Crippen LogP contribution in [0.4, 0.5) is 0 Å². The molecule has 1 amide bonds. The summed E-state index contributed by atoms with van der Waals surface area (Å²) in [5.74, 6) is 1.36. The fourth-order valence-electron chi connectivity index (χ4n) is 3.76. The van der Waals surface area contributed by atoms with Crippen molar-refractivity contribution in [3.05, 3.63) is 0 Å². The van der Waals surface area contributed by atoms with Crippen molar-refractivity contribution in [2.45, 2.75) is 71.3 Å². The number of carbonyl (C=O) groups is 1. The minimum absolute atomic E-state index is 0.324. The predicted octanol–water partition coefficient (Wildman–Crippen LogP) is 3.19. The summed E-state index contributed by atoms with van der Waals surface area (Å²) >= 11 is 0. The topological polar surface area (TPSA) is 32.3 Å². The Labute approximate surface area is 124 Å². The van der Waals surface area contributed by atoms with Crippen molar-refractivity contribution in [1.29, 1.82) is 0 Å². The highest BCUT2D eigenvalue weighted by Crippen LogP contribution is 2.26. The summed E-state index contributed by atoms with van der Waals surface area (Å²) < 4.78 is 0. The molecule has 2 aliphatic rings. The van der Waals surface area contributed by atoms with E-state index in [9.17, 15) is 4.79 Å². The molecule has 0 aromatic heterocycles. The molecule has 0 aromatic carbocycles. The van der Waals surface area contributed by atoms with Crippen LogP contribution >= 0.6 is 0 Å². The molecule has 0 bridgehead atoms. The summed E-state index contributed by atoms with van der Waals surface area (Å²) in [6.45, 7) is 7.52. The van der Waals surface area contributed by atoms with Crippen molar-refractivity contribution >= 4 is 5.91 Å². The smallest absolute Gasteiger partial charge is 0.225 e. The van der Waals surface area contributed by atoms with Gasteiger partial charge in [-0.15, -0.1) is 0 Å². The van der Waals surface area contributed by atoms with Gasteiger partial charge in [-0.1, -0.05) is 39.5 Å². The van der Waals surface area contributed by atoms with Crippen molar-refractivity contribution in [1.82, 2.24) is 10.2 Å². The van der Waals surface area contributed by atoms with E-state index in [1.807, 2.05) is 0 Å². The van der Waals surface area contributed by atoms with Gasteiger partial charge in [0.15, 0.2) is 0 Å². The van der Waals surface area contributed by atoms with Gasteiger partial charge >= 0.3 is 0 Å². The van der Waals surface area contributed by atoms with E-state index in [1.54, 1.807) is 0 Å². The predicted molar refractivity (Wildman–Crippen MR) is 83.6 cm³/mol. The van der Waals surface area contributed by atoms with Crippen LogP contribution in [0.3, 0.4) is 0 Å². The third kappa shape index (κ3) is 4.21. The number of hydrogen-bond donors (Lipinski definition) is 1. The molecule has 2 rings (SSSR count). The second-order valence-electron chi connectivity index (χ2n) is 6.80. The molecule has 0 spiro atoms. The Hall–Kier alpha value is -0.570. The first kappa shape index (κ1) is 15.8. The van der Waals surface area contributed by atoms with Crippen LogP contribution < -0.4 is 5.32 Å². The zero-order valence-electron chi connectivity index (χ0n) is 13.4. The Bertz CT molecular complexity index is 297. The SMILES string of the molecule is CCCNC1CCN(C(=O)C2CCCCCC2)CC1C. The van der Waals surface area contributed by atoms with E-state index in [-0.39, 0.29) is 0 Å². The Morgan fingerprint density at radius 1 is 1.15 bits per heavy atom. The second-order valence-corrected chi connectivity index (χ2v) is 6.80. The van der Waals surface area contributed by atoms with Gasteiger partial charge in [0.05, 0.1) is 0 Å². The number of nitrogens with one attached hydrogen (secondary N) is 1. The lowest BCUT2D eigenvalue weighted by Gasteiger charge is -2.39. The summed E-state index contributed by atoms with van der Waals surface area (Å²) in [7, 11) is 0. The van der Waals surface area contributed by atoms with Gasteiger partial charge in [-0.3, -0.25) is 4.79 Å². The van der Waals surface area contributed by atoms with Gasteiger partial charge in [-0.25, -0.2) is 0 Å². The molecule has 0 aromatic rings. The van der Waals surface area contributed by atoms with Gasteiger partial charge in [0, 0.05) is 25.0 Å². The maximum Gasteiger partial charge on any atom is 0.225 e. The molecule has 2 fully saturated rings. The first-order chi connectivity index (χ1) is 9.72. The molecular weight excluding hydrogens is 248 g/mol. The van der Waals surface area contributed by atoms with E-state index in [0.717, 1.165) is 38.9 Å². The van der Waals surface area contributed by atoms with Crippen molar-refractivity contribution < 1.29 is 4.79 Å². The molecular formula is C17H32N2O. The van der Waals surface area contributed by atoms with Crippen LogP contribution in [0, 0.1) is 11.8 Å². The van der Waals surface area contributed by atoms with E-state index in [0.29, 0.717) is 23.8 Å². The summed E-state index contributed by atoms with van der Waals surface area (Å²) in [5, 5.41) is 3.63. The molecule has 3 nitrogen and oxygen atoms in total. The number of nitrogens with zero attached hydrogens (tertiary/aromatic N) is 1. The molecule has 116 valence electrons. The molecule has 0 radical (unpaired) electrons. The van der Waals surface area contributed by atoms with Crippen molar-refractivity contribution in [3.63, 3.8) is 0 Å². The summed E-state index contributed by atoms with van der Waals surface area (Å²) in [6, 6.07) is 0.605. The van der Waals surface area contributed by atoms with Crippen LogP contribution in [0.15, 0.2) is 0 Å². The molecule has 20 heavy (non-hydrogen) atoms. The van der Waals surface area contributed by atoms with E-state index in [2.05, 4.69) is 24.1 Å². The van der Waals surface area contributed by atoms with Crippen molar-refractivity contribution in [2.24, 2.45) is 11.8 Å². The largest absolute Gasteiger partial charge is 0.342 e. The highest BCUT2D eigenvalue weighted by Gasteiger charge is 2.31. The number of rotatable bonds is 4. The molecule has 1 aliphatic carbocycles. The van der Waals surface area contributed by atoms with Crippen LogP contribution in [-0.2, 0) is 4.79 Å². The quantitative estimate of drug-likeness (QED) is 0.802. The lowest BCUT2D eigenvalue weighted by atomic mass is 9.91. The Morgan fingerprint density at radius 3 is 2.45 bits per heavy atom. The molecule has 1 saturated heterocycles. The van der Waals surface area contributed by atoms with Gasteiger partial charge in [-0.05, 0) is 38.1 Å². The second kappa shape index (κ2) is 8.02. The number of amides is 1. The standard InChI is InChI=1S/C17H32N2O/c1-3-11-18-16-10-12-19(13-14(16)2)17(20)15-8-6-4-5-7-9-15/h14-16,18H,3-13H2,1-2H3. The summed E-state index contributed by atoms with van der Waals surface area (Å²) in [4.78, 5) is 14.8. The minimum Gasteiger partial charge on any atom is -0.342 e. The van der Waals surface area contributed by atoms with Crippen molar-refractivity contribution in [3.8, 4) is 0 Å². The zero-order chi connectivity index (χ0) is 14.4. The fraction of sp³-hybridized carbons (Fsp3) is 0.941. The number of carbonyl (C=O) groups excluding carboxylic acids is 1. The monoisotopic (exact) mass is 280 g/mol. The highest BCUT2D eigenvalue weighted by molar-refractivity contribution is 5.79. The lowest BCUT2D eigenvalue weighted by Crippen LogP contribution is -2.51. The van der Waals surface area contributed by atoms with E-state index >= 15 is 0 Å². The molecule has 1 aliphatic heterocycles. The Kier molecular flexibility index (Phi) is 6.34. The molecule has 3 heteroatoms. The minimum atomic E-state index is 0.324. The summed E-state index contributed by atoms with van der Waals surface area (Å²) in [5.41, 5.74) is 0. The first-order valence-electron chi connectivity index (χ1n) is 8.74. The number of hydrogen-bond acceptors (Lipinski definition) is 2. The number of piperidine rings is 1. The average Bonchev–Trinajstić information content (AvgIpc) is 2.74. The first-order valence-corrected chi connectivity index (χ1v) is 8.74. The maximum atomic E-state index is 12.7. The van der Waals surface area contributed by atoms with Gasteiger partial charge < -0.3 is 10.2 Å². The van der Waals surface area contributed by atoms with Gasteiger partial charge in [0.2, 0.25) is 5.91 Å².